The zero-order chi connectivity index (χ0) is 26.8. The summed E-state index contributed by atoms with van der Waals surface area (Å²) in [5, 5.41) is 10.2. The van der Waals surface area contributed by atoms with Crippen molar-refractivity contribution in [2.24, 2.45) is 0 Å². The van der Waals surface area contributed by atoms with Crippen molar-refractivity contribution in [1.82, 2.24) is 10.3 Å². The van der Waals surface area contributed by atoms with Crippen molar-refractivity contribution in [3.05, 3.63) is 41.4 Å². The van der Waals surface area contributed by atoms with Crippen molar-refractivity contribution in [2.75, 3.05) is 32.1 Å². The number of pyridine rings is 1. The van der Waals surface area contributed by atoms with E-state index < -0.39 is 0 Å². The van der Waals surface area contributed by atoms with Crippen LogP contribution >= 0.6 is 11.6 Å². The molecule has 0 saturated carbocycles. The molecule has 0 aliphatic carbocycles. The van der Waals surface area contributed by atoms with Gasteiger partial charge in [0.25, 0.3) is 0 Å². The van der Waals surface area contributed by atoms with Crippen LogP contribution in [0.4, 0.5) is 5.69 Å². The van der Waals surface area contributed by atoms with Gasteiger partial charge in [-0.2, -0.15) is 0 Å². The maximum atomic E-state index is 6.24. The second-order valence-electron chi connectivity index (χ2n) is 10.7. The molecule has 1 heterocycles. The molecule has 0 amide bonds. The number of aromatic nitrogens is 1. The number of halogens is 1. The molecule has 1 aromatic heterocycles. The first-order chi connectivity index (χ1) is 18.7. The number of fused-ring (bicyclic) bond motifs is 2. The van der Waals surface area contributed by atoms with Crippen LogP contribution in [-0.2, 0) is 0 Å². The molecule has 0 spiro atoms. The smallest absolute Gasteiger partial charge is 0.119 e. The number of rotatable bonds is 21. The van der Waals surface area contributed by atoms with E-state index in [1.54, 1.807) is 7.11 Å². The first-order valence-corrected chi connectivity index (χ1v) is 15.6. The van der Waals surface area contributed by atoms with Crippen LogP contribution in [0.25, 0.3) is 21.8 Å². The summed E-state index contributed by atoms with van der Waals surface area (Å²) in [5.74, 6) is 0.838. The quantitative estimate of drug-likeness (QED) is 0.104. The fraction of sp³-hybridized carbons (Fsp3) is 0.606. The second-order valence-corrected chi connectivity index (χ2v) is 11.1. The van der Waals surface area contributed by atoms with Gasteiger partial charge < -0.3 is 15.4 Å². The molecule has 0 unspecified atom stereocenters. The zero-order valence-electron chi connectivity index (χ0n) is 23.9. The lowest BCUT2D eigenvalue weighted by Gasteiger charge is -2.14. The summed E-state index contributed by atoms with van der Waals surface area (Å²) in [6, 6.07) is 11.9. The van der Waals surface area contributed by atoms with E-state index in [2.05, 4.69) is 29.7 Å². The molecule has 0 saturated heterocycles. The number of ether oxygens (including phenoxy) is 1. The Bertz CT molecular complexity index is 1070. The van der Waals surface area contributed by atoms with Crippen molar-refractivity contribution in [2.45, 2.75) is 103 Å². The third-order valence-corrected chi connectivity index (χ3v) is 7.72. The Morgan fingerprint density at radius 3 is 1.95 bits per heavy atom. The van der Waals surface area contributed by atoms with Crippen LogP contribution in [-0.4, -0.2) is 31.7 Å². The lowest BCUT2D eigenvalue weighted by Crippen LogP contribution is -2.19. The van der Waals surface area contributed by atoms with Crippen molar-refractivity contribution < 1.29 is 4.74 Å². The van der Waals surface area contributed by atoms with Crippen LogP contribution in [0.3, 0.4) is 0 Å². The van der Waals surface area contributed by atoms with Gasteiger partial charge in [0.05, 0.1) is 23.8 Å². The molecule has 2 N–H and O–H groups in total. The third kappa shape index (κ3) is 10.6. The number of hydrogen-bond donors (Lipinski definition) is 2. The summed E-state index contributed by atoms with van der Waals surface area (Å²) >= 11 is 6.24. The molecular weight excluding hydrogens is 490 g/mol. The summed E-state index contributed by atoms with van der Waals surface area (Å²) in [6.07, 6.45) is 20.8. The molecule has 0 atom stereocenters. The Morgan fingerprint density at radius 2 is 1.29 bits per heavy atom. The molecule has 3 aromatic rings. The Balaban J connectivity index is 1.25. The Kier molecular flexibility index (Phi) is 14.7. The van der Waals surface area contributed by atoms with Gasteiger partial charge in [0.1, 0.15) is 5.75 Å². The Hall–Kier alpha value is -2.04. The maximum absolute atomic E-state index is 6.24. The molecular formula is C33H50ClN3O. The van der Waals surface area contributed by atoms with Crippen LogP contribution in [0.15, 0.2) is 36.4 Å². The molecule has 5 heteroatoms. The SMILES string of the molecule is CCCCCCCCCCCCCCCCNCCCNc1c2ccc(Cl)cc2nc2ccc(OC)cc12. The highest BCUT2D eigenvalue weighted by molar-refractivity contribution is 6.31. The fourth-order valence-electron chi connectivity index (χ4n) is 5.21. The normalized spacial score (nSPS) is 11.4. The molecule has 0 radical (unpaired) electrons. The van der Waals surface area contributed by atoms with Crippen molar-refractivity contribution >= 4 is 39.1 Å². The maximum Gasteiger partial charge on any atom is 0.119 e. The molecule has 4 nitrogen and oxygen atoms in total. The van der Waals surface area contributed by atoms with E-state index in [9.17, 15) is 0 Å². The lowest BCUT2D eigenvalue weighted by molar-refractivity contribution is 0.415. The second kappa shape index (κ2) is 18.3. The summed E-state index contributed by atoms with van der Waals surface area (Å²) in [5.41, 5.74) is 2.96. The topological polar surface area (TPSA) is 46.2 Å². The molecule has 0 aliphatic rings. The van der Waals surface area contributed by atoms with E-state index in [1.807, 2.05) is 24.3 Å². The van der Waals surface area contributed by atoms with E-state index in [1.165, 1.54) is 89.9 Å². The van der Waals surface area contributed by atoms with Crippen molar-refractivity contribution in [3.63, 3.8) is 0 Å². The first kappa shape index (κ1) is 30.5. The molecule has 0 aliphatic heterocycles. The van der Waals surface area contributed by atoms with Gasteiger partial charge in [0, 0.05) is 22.3 Å². The van der Waals surface area contributed by atoms with Gasteiger partial charge in [-0.25, -0.2) is 4.98 Å². The van der Waals surface area contributed by atoms with Crippen LogP contribution < -0.4 is 15.4 Å². The van der Waals surface area contributed by atoms with E-state index in [4.69, 9.17) is 21.3 Å². The largest absolute Gasteiger partial charge is 0.497 e. The fourth-order valence-corrected chi connectivity index (χ4v) is 5.38. The van der Waals surface area contributed by atoms with Gasteiger partial charge in [0.15, 0.2) is 0 Å². The van der Waals surface area contributed by atoms with Crippen LogP contribution in [0.1, 0.15) is 103 Å². The minimum atomic E-state index is 0.705. The zero-order valence-corrected chi connectivity index (χ0v) is 24.7. The number of benzene rings is 2. The Labute approximate surface area is 236 Å². The number of hydrogen-bond acceptors (Lipinski definition) is 4. The predicted molar refractivity (Wildman–Crippen MR) is 167 cm³/mol. The molecule has 210 valence electrons. The molecule has 2 aromatic carbocycles. The summed E-state index contributed by atoms with van der Waals surface area (Å²) in [6.45, 7) is 5.34. The van der Waals surface area contributed by atoms with Crippen molar-refractivity contribution in [1.29, 1.82) is 0 Å². The summed E-state index contributed by atoms with van der Waals surface area (Å²) < 4.78 is 5.47. The number of anilines is 1. The molecule has 0 bridgehead atoms. The average molecular weight is 540 g/mol. The number of unbranched alkanes of at least 4 members (excludes halogenated alkanes) is 13. The van der Waals surface area contributed by atoms with Gasteiger partial charge in [0.2, 0.25) is 0 Å². The van der Waals surface area contributed by atoms with Crippen LogP contribution in [0.2, 0.25) is 5.02 Å². The third-order valence-electron chi connectivity index (χ3n) is 7.48. The van der Waals surface area contributed by atoms with Gasteiger partial charge in [-0.05, 0) is 62.3 Å². The minimum Gasteiger partial charge on any atom is -0.497 e. The summed E-state index contributed by atoms with van der Waals surface area (Å²) in [4.78, 5) is 4.81. The molecule has 0 fully saturated rings. The molecule has 3 rings (SSSR count). The van der Waals surface area contributed by atoms with E-state index >= 15 is 0 Å². The van der Waals surface area contributed by atoms with E-state index in [-0.39, 0.29) is 0 Å². The van der Waals surface area contributed by atoms with E-state index in [0.29, 0.717) is 5.02 Å². The number of nitrogens with zero attached hydrogens (tertiary/aromatic N) is 1. The van der Waals surface area contributed by atoms with Gasteiger partial charge in [-0.3, -0.25) is 0 Å². The predicted octanol–water partition coefficient (Wildman–Crippen LogP) is 9.92. The summed E-state index contributed by atoms with van der Waals surface area (Å²) in [7, 11) is 1.70. The van der Waals surface area contributed by atoms with E-state index in [0.717, 1.165) is 59.3 Å². The highest BCUT2D eigenvalue weighted by atomic mass is 35.5. The number of methoxy groups -OCH3 is 1. The Morgan fingerprint density at radius 1 is 0.658 bits per heavy atom. The van der Waals surface area contributed by atoms with Gasteiger partial charge in [-0.15, -0.1) is 0 Å². The standard InChI is InChI=1S/C33H50ClN3O/c1-3-4-5-6-7-8-9-10-11-12-13-14-15-16-22-35-23-17-24-36-33-29-20-18-27(34)25-32(29)37-31-21-19-28(38-2)26-30(31)33/h18-21,25-26,35H,3-17,22-24H2,1-2H3,(H,36,37). The highest BCUT2D eigenvalue weighted by Gasteiger charge is 2.10. The average Bonchev–Trinajstić information content (AvgIpc) is 2.93. The number of nitrogens with one attached hydrogen (secondary N) is 2. The lowest BCUT2D eigenvalue weighted by atomic mass is 10.0. The molecule has 38 heavy (non-hydrogen) atoms. The van der Waals surface area contributed by atoms with Gasteiger partial charge in [-0.1, -0.05) is 102 Å². The van der Waals surface area contributed by atoms with Crippen molar-refractivity contribution in [3.8, 4) is 5.75 Å². The minimum absolute atomic E-state index is 0.705. The monoisotopic (exact) mass is 539 g/mol. The highest BCUT2D eigenvalue weighted by Crippen LogP contribution is 2.34. The van der Waals surface area contributed by atoms with Crippen LogP contribution in [0.5, 0.6) is 5.75 Å². The van der Waals surface area contributed by atoms with Gasteiger partial charge >= 0.3 is 0 Å². The van der Waals surface area contributed by atoms with Crippen LogP contribution in [0, 0.1) is 0 Å². The first-order valence-electron chi connectivity index (χ1n) is 15.2.